The SMILES string of the molecule is CCOC(=O)CN(C)Cc1ccccc1CC(=O)OC. The fourth-order valence-electron chi connectivity index (χ4n) is 1.89. The van der Waals surface area contributed by atoms with E-state index in [2.05, 4.69) is 4.74 Å². The van der Waals surface area contributed by atoms with Gasteiger partial charge in [0.2, 0.25) is 0 Å². The molecule has 0 radical (unpaired) electrons. The van der Waals surface area contributed by atoms with Crippen molar-refractivity contribution in [3.8, 4) is 0 Å². The first-order valence-corrected chi connectivity index (χ1v) is 6.54. The monoisotopic (exact) mass is 279 g/mol. The molecule has 1 aromatic rings. The molecule has 0 saturated carbocycles. The van der Waals surface area contributed by atoms with E-state index in [1.165, 1.54) is 7.11 Å². The van der Waals surface area contributed by atoms with Crippen LogP contribution >= 0.6 is 0 Å². The normalized spacial score (nSPS) is 10.4. The summed E-state index contributed by atoms with van der Waals surface area (Å²) < 4.78 is 9.59. The van der Waals surface area contributed by atoms with Gasteiger partial charge in [-0.2, -0.15) is 0 Å². The van der Waals surface area contributed by atoms with E-state index < -0.39 is 0 Å². The zero-order chi connectivity index (χ0) is 15.0. The van der Waals surface area contributed by atoms with Gasteiger partial charge in [-0.1, -0.05) is 24.3 Å². The molecule has 20 heavy (non-hydrogen) atoms. The van der Waals surface area contributed by atoms with Gasteiger partial charge in [-0.15, -0.1) is 0 Å². The minimum atomic E-state index is -0.273. The molecule has 0 atom stereocenters. The van der Waals surface area contributed by atoms with E-state index in [1.54, 1.807) is 6.92 Å². The summed E-state index contributed by atoms with van der Waals surface area (Å²) in [7, 11) is 3.21. The molecular formula is C15H21NO4. The number of esters is 2. The predicted molar refractivity (Wildman–Crippen MR) is 75.1 cm³/mol. The summed E-state index contributed by atoms with van der Waals surface area (Å²) in [4.78, 5) is 24.6. The van der Waals surface area contributed by atoms with Gasteiger partial charge >= 0.3 is 11.9 Å². The van der Waals surface area contributed by atoms with Gasteiger partial charge in [-0.05, 0) is 25.1 Å². The summed E-state index contributed by atoms with van der Waals surface area (Å²) in [6.45, 7) is 2.96. The highest BCUT2D eigenvalue weighted by Gasteiger charge is 2.12. The minimum absolute atomic E-state index is 0.223. The number of hydrogen-bond acceptors (Lipinski definition) is 5. The van der Waals surface area contributed by atoms with E-state index in [4.69, 9.17) is 4.74 Å². The molecule has 110 valence electrons. The Morgan fingerprint density at radius 2 is 1.80 bits per heavy atom. The molecule has 1 aromatic carbocycles. The Balaban J connectivity index is 2.66. The molecule has 0 fully saturated rings. The summed E-state index contributed by atoms with van der Waals surface area (Å²) in [6.07, 6.45) is 0.236. The number of hydrogen-bond donors (Lipinski definition) is 0. The number of ether oxygens (including phenoxy) is 2. The van der Waals surface area contributed by atoms with Crippen molar-refractivity contribution in [2.75, 3.05) is 27.3 Å². The van der Waals surface area contributed by atoms with Gasteiger partial charge in [0.25, 0.3) is 0 Å². The molecule has 0 bridgehead atoms. The van der Waals surface area contributed by atoms with Gasteiger partial charge in [0.05, 0.1) is 26.7 Å². The highest BCUT2D eigenvalue weighted by atomic mass is 16.5. The molecule has 0 saturated heterocycles. The molecule has 0 N–H and O–H groups in total. The van der Waals surface area contributed by atoms with Crippen LogP contribution in [0.5, 0.6) is 0 Å². The van der Waals surface area contributed by atoms with Crippen molar-refractivity contribution in [2.24, 2.45) is 0 Å². The van der Waals surface area contributed by atoms with Gasteiger partial charge in [0.1, 0.15) is 0 Å². The molecule has 0 spiro atoms. The van der Waals surface area contributed by atoms with Crippen molar-refractivity contribution < 1.29 is 19.1 Å². The molecule has 0 aliphatic carbocycles. The van der Waals surface area contributed by atoms with Crippen LogP contribution in [0.15, 0.2) is 24.3 Å². The van der Waals surface area contributed by atoms with Crippen LogP contribution in [0, 0.1) is 0 Å². The second-order valence-electron chi connectivity index (χ2n) is 4.50. The third-order valence-corrected chi connectivity index (χ3v) is 2.83. The molecule has 0 amide bonds. The van der Waals surface area contributed by atoms with E-state index in [0.717, 1.165) is 11.1 Å². The van der Waals surface area contributed by atoms with Crippen molar-refractivity contribution in [1.29, 1.82) is 0 Å². The second-order valence-corrected chi connectivity index (χ2v) is 4.50. The number of methoxy groups -OCH3 is 1. The maximum atomic E-state index is 11.4. The Morgan fingerprint density at radius 1 is 1.15 bits per heavy atom. The molecule has 0 heterocycles. The Labute approximate surface area is 119 Å². The lowest BCUT2D eigenvalue weighted by Gasteiger charge is -2.17. The quantitative estimate of drug-likeness (QED) is 0.706. The zero-order valence-electron chi connectivity index (χ0n) is 12.2. The molecule has 5 heteroatoms. The van der Waals surface area contributed by atoms with E-state index >= 15 is 0 Å². The molecule has 5 nitrogen and oxygen atoms in total. The topological polar surface area (TPSA) is 55.8 Å². The van der Waals surface area contributed by atoms with Crippen LogP contribution in [-0.4, -0.2) is 44.1 Å². The van der Waals surface area contributed by atoms with Gasteiger partial charge in [0.15, 0.2) is 0 Å². The Bertz CT molecular complexity index is 459. The zero-order valence-corrected chi connectivity index (χ0v) is 12.2. The van der Waals surface area contributed by atoms with Crippen LogP contribution < -0.4 is 0 Å². The van der Waals surface area contributed by atoms with E-state index in [0.29, 0.717) is 13.2 Å². The first-order chi connectivity index (χ1) is 9.56. The Morgan fingerprint density at radius 3 is 2.40 bits per heavy atom. The van der Waals surface area contributed by atoms with E-state index in [-0.39, 0.29) is 24.9 Å². The average Bonchev–Trinajstić information content (AvgIpc) is 2.40. The number of rotatable bonds is 7. The number of nitrogens with zero attached hydrogens (tertiary/aromatic N) is 1. The van der Waals surface area contributed by atoms with Gasteiger partial charge < -0.3 is 9.47 Å². The lowest BCUT2D eigenvalue weighted by Crippen LogP contribution is -2.27. The minimum Gasteiger partial charge on any atom is -0.469 e. The number of benzene rings is 1. The lowest BCUT2D eigenvalue weighted by molar-refractivity contribution is -0.144. The van der Waals surface area contributed by atoms with Crippen molar-refractivity contribution in [3.05, 3.63) is 35.4 Å². The van der Waals surface area contributed by atoms with E-state index in [1.807, 2.05) is 36.2 Å². The van der Waals surface area contributed by atoms with Crippen LogP contribution in [0.3, 0.4) is 0 Å². The summed E-state index contributed by atoms with van der Waals surface area (Å²) in [5, 5.41) is 0. The fourth-order valence-corrected chi connectivity index (χ4v) is 1.89. The smallest absolute Gasteiger partial charge is 0.320 e. The van der Waals surface area contributed by atoms with Crippen LogP contribution in [0.4, 0.5) is 0 Å². The molecule has 1 rings (SSSR count). The molecule has 0 aliphatic rings. The molecule has 0 aliphatic heterocycles. The first-order valence-electron chi connectivity index (χ1n) is 6.54. The maximum absolute atomic E-state index is 11.4. The standard InChI is InChI=1S/C15H21NO4/c1-4-20-15(18)11-16(2)10-13-8-6-5-7-12(13)9-14(17)19-3/h5-8H,4,9-11H2,1-3H3. The van der Waals surface area contributed by atoms with Crippen molar-refractivity contribution in [1.82, 2.24) is 4.90 Å². The Hall–Kier alpha value is -1.88. The molecule has 0 unspecified atom stereocenters. The number of carbonyl (C=O) groups is 2. The first kappa shape index (κ1) is 16.2. The lowest BCUT2D eigenvalue weighted by atomic mass is 10.0. The van der Waals surface area contributed by atoms with Gasteiger partial charge in [-0.25, -0.2) is 0 Å². The summed E-state index contributed by atoms with van der Waals surface area (Å²) in [5.74, 6) is -0.522. The van der Waals surface area contributed by atoms with Crippen LogP contribution in [0.2, 0.25) is 0 Å². The number of likely N-dealkylation sites (N-methyl/N-ethyl adjacent to an activating group) is 1. The van der Waals surface area contributed by atoms with Crippen LogP contribution in [0.1, 0.15) is 18.1 Å². The fraction of sp³-hybridized carbons (Fsp3) is 0.467. The Kier molecular flexibility index (Phi) is 6.73. The van der Waals surface area contributed by atoms with Crippen molar-refractivity contribution >= 4 is 11.9 Å². The van der Waals surface area contributed by atoms with Crippen molar-refractivity contribution in [3.63, 3.8) is 0 Å². The third kappa shape index (κ3) is 5.40. The second kappa shape index (κ2) is 8.32. The predicted octanol–water partition coefficient (Wildman–Crippen LogP) is 1.40. The molecule has 0 aromatic heterocycles. The third-order valence-electron chi connectivity index (χ3n) is 2.83. The highest BCUT2D eigenvalue weighted by Crippen LogP contribution is 2.12. The van der Waals surface area contributed by atoms with Crippen LogP contribution in [0.25, 0.3) is 0 Å². The number of carbonyl (C=O) groups excluding carboxylic acids is 2. The average molecular weight is 279 g/mol. The highest BCUT2D eigenvalue weighted by molar-refractivity contribution is 5.73. The van der Waals surface area contributed by atoms with Crippen molar-refractivity contribution in [2.45, 2.75) is 19.9 Å². The van der Waals surface area contributed by atoms with Gasteiger partial charge in [-0.3, -0.25) is 14.5 Å². The molecular weight excluding hydrogens is 258 g/mol. The summed E-state index contributed by atoms with van der Waals surface area (Å²) in [6, 6.07) is 7.63. The van der Waals surface area contributed by atoms with Gasteiger partial charge in [0, 0.05) is 6.54 Å². The summed E-state index contributed by atoms with van der Waals surface area (Å²) >= 11 is 0. The van der Waals surface area contributed by atoms with E-state index in [9.17, 15) is 9.59 Å². The maximum Gasteiger partial charge on any atom is 0.320 e. The largest absolute Gasteiger partial charge is 0.469 e. The van der Waals surface area contributed by atoms with Crippen LogP contribution in [-0.2, 0) is 32.0 Å². The summed E-state index contributed by atoms with van der Waals surface area (Å²) in [5.41, 5.74) is 1.92.